The van der Waals surface area contributed by atoms with Crippen molar-refractivity contribution < 1.29 is 14.3 Å². The van der Waals surface area contributed by atoms with E-state index in [1.807, 2.05) is 0 Å². The van der Waals surface area contributed by atoms with Crippen LogP contribution in [0.2, 0.25) is 0 Å². The molecular formula is C11H13BrFNO2. The summed E-state index contributed by atoms with van der Waals surface area (Å²) in [7, 11) is 0. The number of aliphatic carboxylic acids is 1. The molecule has 0 saturated carbocycles. The molecule has 0 amide bonds. The quantitative estimate of drug-likeness (QED) is 0.894. The van der Waals surface area contributed by atoms with E-state index in [4.69, 9.17) is 10.8 Å². The van der Waals surface area contributed by atoms with Crippen LogP contribution in [-0.2, 0) is 10.2 Å². The van der Waals surface area contributed by atoms with E-state index in [1.54, 1.807) is 13.0 Å². The topological polar surface area (TPSA) is 63.3 Å². The molecule has 1 atom stereocenters. The van der Waals surface area contributed by atoms with Crippen LogP contribution in [0.15, 0.2) is 22.7 Å². The molecule has 0 aliphatic rings. The van der Waals surface area contributed by atoms with Gasteiger partial charge in [-0.15, -0.1) is 0 Å². The molecule has 1 unspecified atom stereocenters. The first-order chi connectivity index (χ1) is 7.39. The van der Waals surface area contributed by atoms with Crippen LogP contribution in [-0.4, -0.2) is 17.6 Å². The molecule has 0 aromatic heterocycles. The lowest BCUT2D eigenvalue weighted by atomic mass is 9.79. The van der Waals surface area contributed by atoms with E-state index in [2.05, 4.69) is 15.9 Å². The van der Waals surface area contributed by atoms with Gasteiger partial charge in [0.05, 0.1) is 6.42 Å². The Hall–Kier alpha value is -0.940. The zero-order chi connectivity index (χ0) is 12.3. The fourth-order valence-corrected chi connectivity index (χ4v) is 2.42. The fraction of sp³-hybridized carbons (Fsp3) is 0.364. The van der Waals surface area contributed by atoms with Crippen LogP contribution in [0.4, 0.5) is 4.39 Å². The van der Waals surface area contributed by atoms with Gasteiger partial charge in [-0.1, -0.05) is 28.9 Å². The molecule has 0 heterocycles. The molecule has 0 saturated heterocycles. The van der Waals surface area contributed by atoms with Crippen LogP contribution in [0, 0.1) is 5.82 Å². The summed E-state index contributed by atoms with van der Waals surface area (Å²) in [6, 6.07) is 4.18. The van der Waals surface area contributed by atoms with Crippen molar-refractivity contribution in [3.05, 3.63) is 34.1 Å². The van der Waals surface area contributed by atoms with Gasteiger partial charge in [0.2, 0.25) is 0 Å². The monoisotopic (exact) mass is 289 g/mol. The summed E-state index contributed by atoms with van der Waals surface area (Å²) in [4.78, 5) is 10.8. The molecule has 0 spiro atoms. The van der Waals surface area contributed by atoms with Gasteiger partial charge in [-0.25, -0.2) is 4.39 Å². The Morgan fingerprint density at radius 1 is 1.62 bits per heavy atom. The van der Waals surface area contributed by atoms with Gasteiger partial charge < -0.3 is 10.8 Å². The Morgan fingerprint density at radius 2 is 2.25 bits per heavy atom. The van der Waals surface area contributed by atoms with E-state index < -0.39 is 11.4 Å². The van der Waals surface area contributed by atoms with Crippen molar-refractivity contribution >= 4 is 21.9 Å². The smallest absolute Gasteiger partial charge is 0.304 e. The SMILES string of the molecule is CC(CN)(CC(=O)O)c1ccc(F)cc1Br. The van der Waals surface area contributed by atoms with Gasteiger partial charge in [0.1, 0.15) is 5.82 Å². The molecule has 16 heavy (non-hydrogen) atoms. The number of nitrogens with two attached hydrogens (primary N) is 1. The third-order valence-electron chi connectivity index (χ3n) is 2.57. The van der Waals surface area contributed by atoms with Gasteiger partial charge in [0.25, 0.3) is 0 Å². The van der Waals surface area contributed by atoms with Crippen molar-refractivity contribution in [3.8, 4) is 0 Å². The number of carboxylic acids is 1. The minimum absolute atomic E-state index is 0.0896. The number of hydrogen-bond acceptors (Lipinski definition) is 2. The highest BCUT2D eigenvalue weighted by molar-refractivity contribution is 9.10. The summed E-state index contributed by atoms with van der Waals surface area (Å²) in [5, 5.41) is 8.84. The summed E-state index contributed by atoms with van der Waals surface area (Å²) in [6.45, 7) is 1.93. The minimum Gasteiger partial charge on any atom is -0.481 e. The van der Waals surface area contributed by atoms with Gasteiger partial charge in [0.15, 0.2) is 0 Å². The molecule has 0 aliphatic heterocycles. The summed E-state index contributed by atoms with van der Waals surface area (Å²) in [6.07, 6.45) is -0.0896. The first kappa shape index (κ1) is 13.1. The highest BCUT2D eigenvalue weighted by atomic mass is 79.9. The largest absolute Gasteiger partial charge is 0.481 e. The molecule has 0 fully saturated rings. The predicted octanol–water partition coefficient (Wildman–Crippen LogP) is 2.28. The van der Waals surface area contributed by atoms with E-state index >= 15 is 0 Å². The first-order valence-corrected chi connectivity index (χ1v) is 5.56. The van der Waals surface area contributed by atoms with Crippen molar-refractivity contribution in [3.63, 3.8) is 0 Å². The van der Waals surface area contributed by atoms with Gasteiger partial charge in [-0.3, -0.25) is 4.79 Å². The third-order valence-corrected chi connectivity index (χ3v) is 3.23. The number of carbonyl (C=O) groups is 1. The van der Waals surface area contributed by atoms with Gasteiger partial charge >= 0.3 is 5.97 Å². The number of carboxylic acid groups (broad SMARTS) is 1. The Balaban J connectivity index is 3.17. The molecule has 88 valence electrons. The maximum atomic E-state index is 12.9. The van der Waals surface area contributed by atoms with Gasteiger partial charge in [0, 0.05) is 16.4 Å². The van der Waals surface area contributed by atoms with Crippen LogP contribution in [0.3, 0.4) is 0 Å². The summed E-state index contributed by atoms with van der Waals surface area (Å²) in [5.74, 6) is -1.30. The molecule has 3 nitrogen and oxygen atoms in total. The fourth-order valence-electron chi connectivity index (χ4n) is 1.59. The van der Waals surface area contributed by atoms with Crippen LogP contribution >= 0.6 is 15.9 Å². The predicted molar refractivity (Wildman–Crippen MR) is 62.8 cm³/mol. The van der Waals surface area contributed by atoms with Crippen molar-refractivity contribution in [1.29, 1.82) is 0 Å². The lowest BCUT2D eigenvalue weighted by Gasteiger charge is -2.27. The van der Waals surface area contributed by atoms with E-state index in [1.165, 1.54) is 12.1 Å². The van der Waals surface area contributed by atoms with E-state index in [9.17, 15) is 9.18 Å². The molecule has 1 rings (SSSR count). The third kappa shape index (κ3) is 2.80. The highest BCUT2D eigenvalue weighted by Crippen LogP contribution is 2.32. The Morgan fingerprint density at radius 3 is 2.69 bits per heavy atom. The van der Waals surface area contributed by atoms with Gasteiger partial charge in [-0.05, 0) is 17.7 Å². The number of rotatable bonds is 4. The molecule has 0 radical (unpaired) electrons. The highest BCUT2D eigenvalue weighted by Gasteiger charge is 2.30. The zero-order valence-electron chi connectivity index (χ0n) is 8.84. The first-order valence-electron chi connectivity index (χ1n) is 4.76. The number of hydrogen-bond donors (Lipinski definition) is 2. The lowest BCUT2D eigenvalue weighted by molar-refractivity contribution is -0.138. The molecule has 0 aliphatic carbocycles. The Labute approximate surface area is 102 Å². The summed E-state index contributed by atoms with van der Waals surface area (Å²) >= 11 is 3.23. The van der Waals surface area contributed by atoms with E-state index in [0.717, 1.165) is 0 Å². The van der Waals surface area contributed by atoms with Crippen LogP contribution in [0.5, 0.6) is 0 Å². The summed E-state index contributed by atoms with van der Waals surface area (Å²) < 4.78 is 13.5. The molecule has 1 aromatic carbocycles. The number of halogens is 2. The van der Waals surface area contributed by atoms with Crippen molar-refractivity contribution in [2.45, 2.75) is 18.8 Å². The molecular weight excluding hydrogens is 277 g/mol. The second-order valence-electron chi connectivity index (χ2n) is 3.96. The maximum absolute atomic E-state index is 12.9. The Kier molecular flexibility index (Phi) is 4.04. The van der Waals surface area contributed by atoms with Crippen molar-refractivity contribution in [2.75, 3.05) is 6.54 Å². The standard InChI is InChI=1S/C11H13BrFNO2/c1-11(6-14,5-10(15)16)8-3-2-7(13)4-9(8)12/h2-4H,5-6,14H2,1H3,(H,15,16). The van der Waals surface area contributed by atoms with Crippen molar-refractivity contribution in [1.82, 2.24) is 0 Å². The average molecular weight is 290 g/mol. The normalized spacial score (nSPS) is 14.5. The van der Waals surface area contributed by atoms with Crippen LogP contribution in [0.1, 0.15) is 18.9 Å². The maximum Gasteiger partial charge on any atom is 0.304 e. The zero-order valence-corrected chi connectivity index (χ0v) is 10.4. The summed E-state index contributed by atoms with van der Waals surface area (Å²) in [5.41, 5.74) is 5.63. The molecule has 5 heteroatoms. The van der Waals surface area contributed by atoms with E-state index in [-0.39, 0.29) is 18.8 Å². The average Bonchev–Trinajstić information content (AvgIpc) is 2.16. The lowest BCUT2D eigenvalue weighted by Crippen LogP contribution is -2.34. The van der Waals surface area contributed by atoms with Crippen LogP contribution < -0.4 is 5.73 Å². The second kappa shape index (κ2) is 4.93. The van der Waals surface area contributed by atoms with E-state index in [0.29, 0.717) is 10.0 Å². The van der Waals surface area contributed by atoms with Gasteiger partial charge in [-0.2, -0.15) is 0 Å². The second-order valence-corrected chi connectivity index (χ2v) is 4.81. The number of benzene rings is 1. The minimum atomic E-state index is -0.927. The molecule has 0 bridgehead atoms. The van der Waals surface area contributed by atoms with Crippen molar-refractivity contribution in [2.24, 2.45) is 5.73 Å². The van der Waals surface area contributed by atoms with Crippen LogP contribution in [0.25, 0.3) is 0 Å². The molecule has 3 N–H and O–H groups in total. The Bertz CT molecular complexity index is 411. The molecule has 1 aromatic rings.